The molecule has 0 aliphatic carbocycles. The highest BCUT2D eigenvalue weighted by atomic mass is 19.4. The number of hydrogen-bond donors (Lipinski definition) is 3. The highest BCUT2D eigenvalue weighted by Gasteiger charge is 2.51. The average Bonchev–Trinajstić information content (AvgIpc) is 3.02. The van der Waals surface area contributed by atoms with Crippen molar-refractivity contribution < 1.29 is 27.5 Å². The van der Waals surface area contributed by atoms with E-state index in [9.17, 15) is 27.5 Å². The zero-order chi connectivity index (χ0) is 24.1. The third kappa shape index (κ3) is 6.88. The Morgan fingerprint density at radius 1 is 1.25 bits per heavy atom. The number of alkyl halides is 3. The first-order chi connectivity index (χ1) is 14.9. The fourth-order valence-corrected chi connectivity index (χ4v) is 3.34. The van der Waals surface area contributed by atoms with E-state index in [-0.39, 0.29) is 24.6 Å². The Labute approximate surface area is 185 Å². The summed E-state index contributed by atoms with van der Waals surface area (Å²) in [7, 11) is 1.38. The van der Waals surface area contributed by atoms with Crippen LogP contribution in [0.5, 0.6) is 0 Å². The Hall–Kier alpha value is -2.24. The maximum atomic E-state index is 13.5. The molecule has 180 valence electrons. The molecule has 3 N–H and O–H groups in total. The normalized spacial score (nSPS) is 21.1. The van der Waals surface area contributed by atoms with E-state index in [4.69, 9.17) is 0 Å². The van der Waals surface area contributed by atoms with Crippen LogP contribution in [0.3, 0.4) is 0 Å². The molecule has 2 rings (SSSR count). The minimum Gasteiger partial charge on any atom is -0.394 e. The monoisotopic (exact) mass is 461 g/mol. The van der Waals surface area contributed by atoms with E-state index in [1.54, 1.807) is 18.9 Å². The van der Waals surface area contributed by atoms with Gasteiger partial charge in [0.2, 0.25) is 0 Å². The number of carbonyl (C=O) groups is 1. The zero-order valence-corrected chi connectivity index (χ0v) is 18.7. The van der Waals surface area contributed by atoms with Crippen LogP contribution < -0.4 is 10.6 Å². The van der Waals surface area contributed by atoms with E-state index in [1.165, 1.54) is 19.2 Å². The second-order valence-corrected chi connectivity index (χ2v) is 8.47. The predicted molar refractivity (Wildman–Crippen MR) is 113 cm³/mol. The first-order valence-corrected chi connectivity index (χ1v) is 10.5. The maximum absolute atomic E-state index is 13.5. The van der Waals surface area contributed by atoms with Gasteiger partial charge in [-0.25, -0.2) is 19.4 Å². The van der Waals surface area contributed by atoms with Gasteiger partial charge in [-0.15, -0.1) is 0 Å². The van der Waals surface area contributed by atoms with Gasteiger partial charge in [0, 0.05) is 25.6 Å². The quantitative estimate of drug-likeness (QED) is 0.331. The third-order valence-electron chi connectivity index (χ3n) is 5.22. The van der Waals surface area contributed by atoms with Crippen LogP contribution in [0.15, 0.2) is 29.3 Å². The van der Waals surface area contributed by atoms with Crippen LogP contribution in [0.25, 0.3) is 0 Å². The molecule has 0 saturated carbocycles. The number of aliphatic hydroxyl groups excluding tert-OH is 1. The molecule has 32 heavy (non-hydrogen) atoms. The van der Waals surface area contributed by atoms with Gasteiger partial charge in [0.1, 0.15) is 18.0 Å². The smallest absolute Gasteiger partial charge is 0.394 e. The number of unbranched alkanes of at least 4 members (excludes halogenated alkanes) is 1. The number of halogens is 4. The van der Waals surface area contributed by atoms with Crippen molar-refractivity contribution in [2.75, 3.05) is 20.2 Å². The van der Waals surface area contributed by atoms with Gasteiger partial charge in [-0.1, -0.05) is 13.3 Å². The van der Waals surface area contributed by atoms with Gasteiger partial charge >= 0.3 is 6.18 Å². The van der Waals surface area contributed by atoms with Crippen molar-refractivity contribution >= 4 is 11.9 Å². The number of aliphatic imine (C=N–C) groups is 1. The van der Waals surface area contributed by atoms with Crippen molar-refractivity contribution in [1.29, 1.82) is 0 Å². The van der Waals surface area contributed by atoms with E-state index in [0.29, 0.717) is 13.0 Å². The molecule has 0 radical (unpaired) electrons. The number of hydrogen-bond acceptors (Lipinski definition) is 5. The fraction of sp³-hybridized carbons (Fsp3) is 0.619. The summed E-state index contributed by atoms with van der Waals surface area (Å²) < 4.78 is 53.8. The van der Waals surface area contributed by atoms with Crippen LogP contribution in [0.2, 0.25) is 0 Å². The van der Waals surface area contributed by atoms with E-state index in [2.05, 4.69) is 15.6 Å². The molecule has 1 aromatic rings. The molecular formula is C21H31F4N5O2. The number of carbonyl (C=O) groups excluding carboxylic acids is 1. The first kappa shape index (κ1) is 26.0. The van der Waals surface area contributed by atoms with Crippen LogP contribution in [0.1, 0.15) is 50.4 Å². The summed E-state index contributed by atoms with van der Waals surface area (Å²) in [6.45, 7) is 5.31. The molecule has 1 aliphatic rings. The molecular weight excluding hydrogens is 430 g/mol. The minimum absolute atomic E-state index is 0.0684. The Kier molecular flexibility index (Phi) is 8.60. The van der Waals surface area contributed by atoms with Crippen molar-refractivity contribution in [3.05, 3.63) is 35.6 Å². The molecule has 1 amide bonds. The Morgan fingerprint density at radius 2 is 1.88 bits per heavy atom. The van der Waals surface area contributed by atoms with Gasteiger partial charge in [-0.2, -0.15) is 13.2 Å². The van der Waals surface area contributed by atoms with Gasteiger partial charge < -0.3 is 10.4 Å². The summed E-state index contributed by atoms with van der Waals surface area (Å²) in [5.41, 5.74) is -0.751. The van der Waals surface area contributed by atoms with Gasteiger partial charge in [0.25, 0.3) is 5.91 Å². The van der Waals surface area contributed by atoms with Crippen LogP contribution >= 0.6 is 0 Å². The standard InChI is InChI=1S/C21H31F4N5O2/c1-5-6-11-30-17(12-16(29(30)4)21(23,24)25)26-19(28-20(2,3)13-31)27-18(32)14-7-9-15(22)10-8-14/h7-10,16-17,31H,5-6,11-13H2,1-4H3,(H2,26,27,28,32). The molecule has 1 aliphatic heterocycles. The van der Waals surface area contributed by atoms with Crippen molar-refractivity contribution in [2.45, 2.75) is 64.0 Å². The van der Waals surface area contributed by atoms with E-state index in [0.717, 1.165) is 23.6 Å². The minimum atomic E-state index is -4.43. The lowest BCUT2D eigenvalue weighted by Gasteiger charge is -2.31. The second-order valence-electron chi connectivity index (χ2n) is 8.47. The summed E-state index contributed by atoms with van der Waals surface area (Å²) in [6, 6.07) is 3.13. The van der Waals surface area contributed by atoms with Gasteiger partial charge in [0.05, 0.1) is 12.1 Å². The molecule has 2 unspecified atom stereocenters. The Morgan fingerprint density at radius 3 is 2.41 bits per heavy atom. The molecule has 0 aromatic heterocycles. The Balaban J connectivity index is 2.35. The average molecular weight is 462 g/mol. The summed E-state index contributed by atoms with van der Waals surface area (Å²) in [4.78, 5) is 17.0. The van der Waals surface area contributed by atoms with Gasteiger partial charge in [-0.3, -0.25) is 10.1 Å². The summed E-state index contributed by atoms with van der Waals surface area (Å²) in [6.07, 6.45) is -4.14. The summed E-state index contributed by atoms with van der Waals surface area (Å²) >= 11 is 0. The lowest BCUT2D eigenvalue weighted by Crippen LogP contribution is -2.53. The molecule has 1 fully saturated rings. The van der Waals surface area contributed by atoms with Crippen molar-refractivity contribution in [3.8, 4) is 0 Å². The number of nitrogens with zero attached hydrogens (tertiary/aromatic N) is 3. The second kappa shape index (κ2) is 10.6. The van der Waals surface area contributed by atoms with E-state index < -0.39 is 35.6 Å². The van der Waals surface area contributed by atoms with Gasteiger partial charge in [0.15, 0.2) is 5.96 Å². The van der Waals surface area contributed by atoms with Crippen LogP contribution in [-0.2, 0) is 0 Å². The molecule has 0 spiro atoms. The van der Waals surface area contributed by atoms with Crippen LogP contribution in [0, 0.1) is 5.82 Å². The lowest BCUT2D eigenvalue weighted by atomic mass is 10.1. The number of amides is 1. The van der Waals surface area contributed by atoms with Crippen molar-refractivity contribution in [2.24, 2.45) is 4.99 Å². The first-order valence-electron chi connectivity index (χ1n) is 10.5. The summed E-state index contributed by atoms with van der Waals surface area (Å²) in [5.74, 6) is -1.18. The molecule has 1 aromatic carbocycles. The number of benzene rings is 1. The van der Waals surface area contributed by atoms with Gasteiger partial charge in [-0.05, 0) is 44.5 Å². The van der Waals surface area contributed by atoms with Crippen LogP contribution in [-0.4, -0.2) is 71.1 Å². The topological polar surface area (TPSA) is 80.2 Å². The third-order valence-corrected chi connectivity index (χ3v) is 5.22. The number of aliphatic hydroxyl groups is 1. The molecule has 11 heteroatoms. The number of nitrogens with one attached hydrogen (secondary N) is 2. The SMILES string of the molecule is CCCCN1C(N=C(NC(=O)c2ccc(F)cc2)NC(C)(C)CO)CC(C(F)(F)F)N1C. The van der Waals surface area contributed by atoms with Crippen molar-refractivity contribution in [1.82, 2.24) is 20.7 Å². The maximum Gasteiger partial charge on any atom is 0.405 e. The number of guanidine groups is 1. The van der Waals surface area contributed by atoms with E-state index >= 15 is 0 Å². The summed E-state index contributed by atoms with van der Waals surface area (Å²) in [5, 5.41) is 17.7. The fourth-order valence-electron chi connectivity index (χ4n) is 3.34. The predicted octanol–water partition coefficient (Wildman–Crippen LogP) is 2.88. The number of hydrazine groups is 1. The molecule has 1 saturated heterocycles. The largest absolute Gasteiger partial charge is 0.405 e. The highest BCUT2D eigenvalue weighted by Crippen LogP contribution is 2.35. The molecule has 2 atom stereocenters. The zero-order valence-electron chi connectivity index (χ0n) is 18.7. The van der Waals surface area contributed by atoms with Crippen molar-refractivity contribution in [3.63, 3.8) is 0 Å². The Bertz CT molecular complexity index is 798. The number of rotatable bonds is 7. The van der Waals surface area contributed by atoms with E-state index in [1.807, 2.05) is 6.92 Å². The highest BCUT2D eigenvalue weighted by molar-refractivity contribution is 6.05. The molecule has 7 nitrogen and oxygen atoms in total. The molecule has 1 heterocycles. The van der Waals surface area contributed by atoms with Crippen LogP contribution in [0.4, 0.5) is 17.6 Å². The lowest BCUT2D eigenvalue weighted by molar-refractivity contribution is -0.194. The molecule has 0 bridgehead atoms.